The van der Waals surface area contributed by atoms with Crippen LogP contribution in [0.3, 0.4) is 0 Å². The third kappa shape index (κ3) is 4.01. The first-order chi connectivity index (χ1) is 19.4. The summed E-state index contributed by atoms with van der Waals surface area (Å²) >= 11 is 0. The molecule has 0 aliphatic heterocycles. The predicted molar refractivity (Wildman–Crippen MR) is 161 cm³/mol. The van der Waals surface area contributed by atoms with E-state index < -0.39 is 11.5 Å². The summed E-state index contributed by atoms with van der Waals surface area (Å²) < 4.78 is 2.21. The van der Waals surface area contributed by atoms with Crippen LogP contribution in [0.15, 0.2) is 78.9 Å². The van der Waals surface area contributed by atoms with E-state index in [4.69, 9.17) is 10.7 Å². The van der Waals surface area contributed by atoms with Gasteiger partial charge in [-0.05, 0) is 67.8 Å². The molecule has 1 amide bonds. The fourth-order valence-electron chi connectivity index (χ4n) is 6.25. The highest BCUT2D eigenvalue weighted by Crippen LogP contribution is 2.39. The Hall–Kier alpha value is -4.62. The number of fused-ring (bicyclic) bond motifs is 4. The molecule has 7 rings (SSSR count). The number of aromatic nitrogens is 3. The van der Waals surface area contributed by atoms with E-state index in [9.17, 15) is 9.90 Å². The van der Waals surface area contributed by atoms with Crippen LogP contribution < -0.4 is 11.1 Å². The number of para-hydroxylation sites is 1. The van der Waals surface area contributed by atoms with Gasteiger partial charge in [0.2, 0.25) is 0 Å². The van der Waals surface area contributed by atoms with Crippen LogP contribution in [0.4, 0.5) is 5.69 Å². The number of nitrogens with two attached hydrogens (primary N) is 1. The predicted octanol–water partition coefficient (Wildman–Crippen LogP) is 6.45. The summed E-state index contributed by atoms with van der Waals surface area (Å²) in [5, 5.41) is 16.5. The highest BCUT2D eigenvalue weighted by Gasteiger charge is 2.31. The Balaban J connectivity index is 1.41. The number of anilines is 1. The maximum absolute atomic E-state index is 12.3. The Morgan fingerprint density at radius 2 is 1.82 bits per heavy atom. The first kappa shape index (κ1) is 24.4. The molecule has 7 nitrogen and oxygen atoms in total. The number of hydrogen-bond acceptors (Lipinski definition) is 4. The average molecular weight is 530 g/mol. The Morgan fingerprint density at radius 3 is 2.65 bits per heavy atom. The highest BCUT2D eigenvalue weighted by atomic mass is 16.3. The topological polar surface area (TPSA) is 109 Å². The van der Waals surface area contributed by atoms with Gasteiger partial charge in [0, 0.05) is 34.3 Å². The van der Waals surface area contributed by atoms with Crippen LogP contribution >= 0.6 is 0 Å². The number of nitrogens with one attached hydrogen (secondary N) is 2. The van der Waals surface area contributed by atoms with Gasteiger partial charge in [0.15, 0.2) is 0 Å². The summed E-state index contributed by atoms with van der Waals surface area (Å²) in [6.07, 6.45) is 3.52. The molecule has 6 aromatic rings. The molecule has 2 aromatic heterocycles. The van der Waals surface area contributed by atoms with Gasteiger partial charge in [-0.25, -0.2) is 4.98 Å². The molecule has 1 aliphatic rings. The van der Waals surface area contributed by atoms with Crippen molar-refractivity contribution in [3.63, 3.8) is 0 Å². The van der Waals surface area contributed by atoms with Gasteiger partial charge in [-0.15, -0.1) is 0 Å². The molecule has 1 fully saturated rings. The van der Waals surface area contributed by atoms with Gasteiger partial charge in [0.05, 0.1) is 33.2 Å². The minimum absolute atomic E-state index is 0.375. The van der Waals surface area contributed by atoms with Crippen LogP contribution in [-0.4, -0.2) is 37.7 Å². The van der Waals surface area contributed by atoms with Crippen LogP contribution in [0.1, 0.15) is 41.6 Å². The summed E-state index contributed by atoms with van der Waals surface area (Å²) in [7, 11) is 0. The molecule has 2 heterocycles. The first-order valence-corrected chi connectivity index (χ1v) is 13.8. The van der Waals surface area contributed by atoms with Crippen molar-refractivity contribution >= 4 is 44.4 Å². The highest BCUT2D eigenvalue weighted by molar-refractivity contribution is 6.15. The fourth-order valence-corrected chi connectivity index (χ4v) is 6.25. The third-order valence-electron chi connectivity index (χ3n) is 8.26. The minimum atomic E-state index is -0.766. The fraction of sp³-hybridized carbons (Fsp3) is 0.212. The number of H-pyrrole nitrogens is 1. The average Bonchev–Trinajstić information content (AvgIpc) is 3.67. The second-order valence-electron chi connectivity index (χ2n) is 11.0. The second-order valence-corrected chi connectivity index (χ2v) is 11.0. The largest absolute Gasteiger partial charge is 0.388 e. The van der Waals surface area contributed by atoms with E-state index in [-0.39, 0.29) is 0 Å². The van der Waals surface area contributed by atoms with E-state index in [0.717, 1.165) is 75.6 Å². The molecule has 0 radical (unpaired) electrons. The molecule has 1 aliphatic carbocycles. The normalized spacial score (nSPS) is 14.8. The second kappa shape index (κ2) is 9.24. The number of benzene rings is 4. The van der Waals surface area contributed by atoms with Gasteiger partial charge in [-0.2, -0.15) is 0 Å². The lowest BCUT2D eigenvalue weighted by Crippen LogP contribution is -2.34. The number of carbonyl (C=O) groups is 1. The van der Waals surface area contributed by atoms with Crippen molar-refractivity contribution in [3.05, 3.63) is 90.0 Å². The molecule has 5 N–H and O–H groups in total. The van der Waals surface area contributed by atoms with Crippen molar-refractivity contribution in [2.24, 2.45) is 5.73 Å². The number of hydrogen-bond donors (Lipinski definition) is 4. The van der Waals surface area contributed by atoms with Crippen molar-refractivity contribution in [2.75, 3.05) is 11.9 Å². The van der Waals surface area contributed by atoms with Crippen LogP contribution in [0.2, 0.25) is 0 Å². The smallest absolute Gasteiger partial charge is 0.250 e. The number of nitrogens with zero attached hydrogens (tertiary/aromatic N) is 2. The lowest BCUT2D eigenvalue weighted by atomic mass is 10.0. The molecule has 0 atom stereocenters. The van der Waals surface area contributed by atoms with E-state index in [1.807, 2.05) is 24.3 Å². The molecule has 0 bridgehead atoms. The molecule has 0 spiro atoms. The molecular weight excluding hydrogens is 498 g/mol. The van der Waals surface area contributed by atoms with Crippen LogP contribution in [-0.2, 0) is 0 Å². The number of aliphatic hydroxyl groups is 1. The Labute approximate surface area is 231 Å². The zero-order chi connectivity index (χ0) is 27.4. The van der Waals surface area contributed by atoms with Gasteiger partial charge >= 0.3 is 0 Å². The molecule has 1 saturated carbocycles. The summed E-state index contributed by atoms with van der Waals surface area (Å²) in [5.41, 5.74) is 13.1. The number of imidazole rings is 1. The summed E-state index contributed by atoms with van der Waals surface area (Å²) in [6, 6.07) is 26.5. The standard InChI is InChI=1S/C33H31N5O2/c1-20-11-14-25-27(17-20)37-32(36-25)24-8-6-10-29-30(24)23-7-2-3-9-28(23)38(29)21-12-13-22(31(34)39)26(18-21)35-19-33(40)15-4-5-16-33/h2-3,6-14,17-18,35,40H,4-5,15-16,19H2,1H3,(H2,34,39)(H,36,37). The van der Waals surface area contributed by atoms with Crippen LogP contribution in [0.5, 0.6) is 0 Å². The van der Waals surface area contributed by atoms with Gasteiger partial charge in [0.1, 0.15) is 5.82 Å². The molecule has 200 valence electrons. The third-order valence-corrected chi connectivity index (χ3v) is 8.26. The first-order valence-electron chi connectivity index (χ1n) is 13.8. The van der Waals surface area contributed by atoms with Crippen molar-refractivity contribution in [3.8, 4) is 17.1 Å². The van der Waals surface area contributed by atoms with E-state index in [2.05, 4.69) is 70.3 Å². The summed E-state index contributed by atoms with van der Waals surface area (Å²) in [4.78, 5) is 20.8. The van der Waals surface area contributed by atoms with E-state index in [1.54, 1.807) is 6.07 Å². The summed E-state index contributed by atoms with van der Waals surface area (Å²) in [6.45, 7) is 2.45. The van der Waals surface area contributed by atoms with E-state index in [0.29, 0.717) is 17.8 Å². The Morgan fingerprint density at radius 1 is 1.02 bits per heavy atom. The number of aromatic amines is 1. The van der Waals surface area contributed by atoms with Crippen molar-refractivity contribution in [1.82, 2.24) is 14.5 Å². The van der Waals surface area contributed by atoms with E-state index in [1.165, 1.54) is 5.56 Å². The number of carbonyl (C=O) groups excluding carboxylic acids is 1. The molecule has 0 saturated heterocycles. The number of primary amides is 1. The van der Waals surface area contributed by atoms with Crippen molar-refractivity contribution in [2.45, 2.75) is 38.2 Å². The minimum Gasteiger partial charge on any atom is -0.388 e. The lowest BCUT2D eigenvalue weighted by molar-refractivity contribution is 0.0614. The zero-order valence-corrected chi connectivity index (χ0v) is 22.4. The Bertz CT molecular complexity index is 1930. The van der Waals surface area contributed by atoms with Gasteiger partial charge in [-0.1, -0.05) is 49.2 Å². The van der Waals surface area contributed by atoms with Gasteiger partial charge in [-0.3, -0.25) is 4.79 Å². The van der Waals surface area contributed by atoms with Crippen LogP contribution in [0.25, 0.3) is 49.9 Å². The number of amides is 1. The molecule has 4 aromatic carbocycles. The van der Waals surface area contributed by atoms with Crippen LogP contribution in [0, 0.1) is 6.92 Å². The molecular formula is C33H31N5O2. The zero-order valence-electron chi connectivity index (χ0n) is 22.4. The lowest BCUT2D eigenvalue weighted by Gasteiger charge is -2.24. The number of rotatable bonds is 6. The van der Waals surface area contributed by atoms with Gasteiger partial charge in [0.25, 0.3) is 5.91 Å². The monoisotopic (exact) mass is 529 g/mol. The van der Waals surface area contributed by atoms with Crippen molar-refractivity contribution in [1.29, 1.82) is 0 Å². The van der Waals surface area contributed by atoms with Gasteiger partial charge < -0.3 is 25.7 Å². The number of aryl methyl sites for hydroxylation is 1. The van der Waals surface area contributed by atoms with E-state index >= 15 is 0 Å². The maximum atomic E-state index is 12.3. The maximum Gasteiger partial charge on any atom is 0.250 e. The van der Waals surface area contributed by atoms with Crippen molar-refractivity contribution < 1.29 is 9.90 Å². The quantitative estimate of drug-likeness (QED) is 0.199. The summed E-state index contributed by atoms with van der Waals surface area (Å²) in [5.74, 6) is 0.322. The molecule has 40 heavy (non-hydrogen) atoms. The molecule has 7 heteroatoms. The SMILES string of the molecule is Cc1ccc2nc(-c3cccc4c3c3ccccc3n4-c3ccc(C(N)=O)c(NCC4(O)CCCC4)c3)[nH]c2c1. The Kier molecular flexibility index (Phi) is 5.64. The molecule has 0 unspecified atom stereocenters.